The van der Waals surface area contributed by atoms with E-state index in [4.69, 9.17) is 4.74 Å². The van der Waals surface area contributed by atoms with Gasteiger partial charge in [0.05, 0.1) is 12.8 Å². The van der Waals surface area contributed by atoms with Crippen molar-refractivity contribution in [2.45, 2.75) is 13.5 Å². The summed E-state index contributed by atoms with van der Waals surface area (Å²) in [5, 5.41) is 6.08. The lowest BCUT2D eigenvalue weighted by Crippen LogP contribution is -2.07. The van der Waals surface area contributed by atoms with Crippen LogP contribution in [-0.2, 0) is 11.3 Å². The average molecular weight is 349 g/mol. The standard InChI is InChI=1S/C16H17BrN2O2/c1-11(20)19-14-7-8-16(21-2)15(9-14)18-10-12-3-5-13(17)6-4-12/h3-9,18H,10H2,1-2H3,(H,19,20). The molecule has 0 aliphatic rings. The zero-order valence-corrected chi connectivity index (χ0v) is 13.5. The van der Waals surface area contributed by atoms with Crippen LogP contribution in [0.4, 0.5) is 11.4 Å². The molecule has 0 fully saturated rings. The molecule has 0 aromatic heterocycles. The zero-order valence-electron chi connectivity index (χ0n) is 11.9. The van der Waals surface area contributed by atoms with E-state index in [1.165, 1.54) is 6.92 Å². The summed E-state index contributed by atoms with van der Waals surface area (Å²) in [5.41, 5.74) is 2.73. The van der Waals surface area contributed by atoms with Crippen molar-refractivity contribution in [1.29, 1.82) is 0 Å². The molecule has 0 bridgehead atoms. The third-order valence-corrected chi connectivity index (χ3v) is 3.44. The Bertz CT molecular complexity index is 627. The van der Waals surface area contributed by atoms with Crippen molar-refractivity contribution < 1.29 is 9.53 Å². The molecule has 2 aromatic carbocycles. The highest BCUT2D eigenvalue weighted by Crippen LogP contribution is 2.28. The van der Waals surface area contributed by atoms with Crippen molar-refractivity contribution in [2.75, 3.05) is 17.7 Å². The van der Waals surface area contributed by atoms with Gasteiger partial charge in [-0.2, -0.15) is 0 Å². The number of ether oxygens (including phenoxy) is 1. The summed E-state index contributed by atoms with van der Waals surface area (Å²) in [4.78, 5) is 11.1. The van der Waals surface area contributed by atoms with Gasteiger partial charge in [-0.1, -0.05) is 28.1 Å². The molecule has 0 aliphatic carbocycles. The Morgan fingerprint density at radius 2 is 1.90 bits per heavy atom. The van der Waals surface area contributed by atoms with Crippen molar-refractivity contribution in [2.24, 2.45) is 0 Å². The van der Waals surface area contributed by atoms with Crippen LogP contribution in [0.5, 0.6) is 5.75 Å². The molecule has 4 nitrogen and oxygen atoms in total. The predicted octanol–water partition coefficient (Wildman–Crippen LogP) is 4.03. The fraction of sp³-hybridized carbons (Fsp3) is 0.188. The number of amides is 1. The van der Waals surface area contributed by atoms with Crippen LogP contribution in [0.1, 0.15) is 12.5 Å². The quantitative estimate of drug-likeness (QED) is 0.857. The molecule has 0 heterocycles. The van der Waals surface area contributed by atoms with Gasteiger partial charge in [-0.05, 0) is 35.9 Å². The van der Waals surface area contributed by atoms with Gasteiger partial charge in [0.15, 0.2) is 0 Å². The van der Waals surface area contributed by atoms with E-state index in [-0.39, 0.29) is 5.91 Å². The van der Waals surface area contributed by atoms with E-state index in [9.17, 15) is 4.79 Å². The van der Waals surface area contributed by atoms with Crippen LogP contribution in [0.15, 0.2) is 46.9 Å². The number of carbonyl (C=O) groups is 1. The lowest BCUT2D eigenvalue weighted by atomic mass is 10.2. The summed E-state index contributed by atoms with van der Waals surface area (Å²) < 4.78 is 6.38. The Morgan fingerprint density at radius 3 is 2.52 bits per heavy atom. The van der Waals surface area contributed by atoms with Crippen LogP contribution in [0.25, 0.3) is 0 Å². The van der Waals surface area contributed by atoms with Gasteiger partial charge < -0.3 is 15.4 Å². The first kappa shape index (κ1) is 15.4. The number of methoxy groups -OCH3 is 1. The monoisotopic (exact) mass is 348 g/mol. The van der Waals surface area contributed by atoms with Crippen LogP contribution < -0.4 is 15.4 Å². The summed E-state index contributed by atoms with van der Waals surface area (Å²) in [7, 11) is 1.62. The van der Waals surface area contributed by atoms with E-state index in [0.29, 0.717) is 6.54 Å². The van der Waals surface area contributed by atoms with Gasteiger partial charge in [-0.15, -0.1) is 0 Å². The molecule has 0 saturated carbocycles. The lowest BCUT2D eigenvalue weighted by molar-refractivity contribution is -0.114. The van der Waals surface area contributed by atoms with Crippen LogP contribution >= 0.6 is 15.9 Å². The first-order chi connectivity index (χ1) is 10.1. The largest absolute Gasteiger partial charge is 0.495 e. The van der Waals surface area contributed by atoms with E-state index >= 15 is 0 Å². The number of halogens is 1. The van der Waals surface area contributed by atoms with E-state index in [1.807, 2.05) is 42.5 Å². The average Bonchev–Trinajstić information content (AvgIpc) is 2.46. The van der Waals surface area contributed by atoms with Crippen molar-refractivity contribution in [3.8, 4) is 5.75 Å². The second-order valence-corrected chi connectivity index (χ2v) is 5.49. The molecule has 0 unspecified atom stereocenters. The molecule has 21 heavy (non-hydrogen) atoms. The minimum atomic E-state index is -0.0981. The molecule has 1 amide bonds. The summed E-state index contributed by atoms with van der Waals surface area (Å²) >= 11 is 3.42. The van der Waals surface area contributed by atoms with E-state index in [1.54, 1.807) is 7.11 Å². The fourth-order valence-corrected chi connectivity index (χ4v) is 2.19. The van der Waals surface area contributed by atoms with Crippen LogP contribution in [0.3, 0.4) is 0 Å². The second-order valence-electron chi connectivity index (χ2n) is 4.58. The van der Waals surface area contributed by atoms with Gasteiger partial charge in [0.25, 0.3) is 0 Å². The third-order valence-electron chi connectivity index (χ3n) is 2.92. The Kier molecular flexibility index (Phi) is 5.22. The molecule has 0 aliphatic heterocycles. The molecule has 2 aromatic rings. The SMILES string of the molecule is COc1ccc(NC(C)=O)cc1NCc1ccc(Br)cc1. The highest BCUT2D eigenvalue weighted by molar-refractivity contribution is 9.10. The van der Waals surface area contributed by atoms with Gasteiger partial charge in [-0.3, -0.25) is 4.79 Å². The third kappa shape index (κ3) is 4.49. The summed E-state index contributed by atoms with van der Waals surface area (Å²) in [6.45, 7) is 2.16. The zero-order chi connectivity index (χ0) is 15.2. The first-order valence-corrected chi connectivity index (χ1v) is 7.31. The Labute approximate surface area is 132 Å². The van der Waals surface area contributed by atoms with Gasteiger partial charge >= 0.3 is 0 Å². The first-order valence-electron chi connectivity index (χ1n) is 6.52. The number of rotatable bonds is 5. The van der Waals surface area contributed by atoms with Gasteiger partial charge in [0.1, 0.15) is 5.75 Å². The summed E-state index contributed by atoms with van der Waals surface area (Å²) in [6.07, 6.45) is 0. The molecule has 0 spiro atoms. The number of nitrogens with one attached hydrogen (secondary N) is 2. The molecule has 0 atom stereocenters. The maximum atomic E-state index is 11.1. The topological polar surface area (TPSA) is 50.4 Å². The molecular formula is C16H17BrN2O2. The van der Waals surface area contributed by atoms with E-state index in [2.05, 4.69) is 26.6 Å². The molecule has 2 N–H and O–H groups in total. The van der Waals surface area contributed by atoms with Crippen LogP contribution in [0.2, 0.25) is 0 Å². The molecule has 110 valence electrons. The Hall–Kier alpha value is -2.01. The Balaban J connectivity index is 2.13. The highest BCUT2D eigenvalue weighted by atomic mass is 79.9. The van der Waals surface area contributed by atoms with Crippen LogP contribution in [-0.4, -0.2) is 13.0 Å². The van der Waals surface area contributed by atoms with E-state index in [0.717, 1.165) is 27.2 Å². The highest BCUT2D eigenvalue weighted by Gasteiger charge is 2.05. The van der Waals surface area contributed by atoms with Gasteiger partial charge in [-0.25, -0.2) is 0 Å². The van der Waals surface area contributed by atoms with Crippen LogP contribution in [0, 0.1) is 0 Å². The summed E-state index contributed by atoms with van der Waals surface area (Å²) in [6, 6.07) is 13.6. The smallest absolute Gasteiger partial charge is 0.221 e. The lowest BCUT2D eigenvalue weighted by Gasteiger charge is -2.13. The minimum absolute atomic E-state index is 0.0981. The number of hydrogen-bond acceptors (Lipinski definition) is 3. The number of hydrogen-bond donors (Lipinski definition) is 2. The second kappa shape index (κ2) is 7.13. The number of carbonyl (C=O) groups excluding carboxylic acids is 1. The normalized spacial score (nSPS) is 10.0. The number of anilines is 2. The van der Waals surface area contributed by atoms with Gasteiger partial charge in [0.2, 0.25) is 5.91 Å². The predicted molar refractivity (Wildman–Crippen MR) is 88.8 cm³/mol. The van der Waals surface area contributed by atoms with Gasteiger partial charge in [0, 0.05) is 23.6 Å². The Morgan fingerprint density at radius 1 is 1.19 bits per heavy atom. The summed E-state index contributed by atoms with van der Waals surface area (Å²) in [5.74, 6) is 0.639. The molecule has 0 saturated heterocycles. The van der Waals surface area contributed by atoms with E-state index < -0.39 is 0 Å². The molecule has 2 rings (SSSR count). The number of benzene rings is 2. The maximum Gasteiger partial charge on any atom is 0.221 e. The van der Waals surface area contributed by atoms with Crippen molar-refractivity contribution in [1.82, 2.24) is 0 Å². The molecule has 5 heteroatoms. The minimum Gasteiger partial charge on any atom is -0.495 e. The maximum absolute atomic E-state index is 11.1. The van der Waals surface area contributed by atoms with Crippen molar-refractivity contribution >= 4 is 33.2 Å². The fourth-order valence-electron chi connectivity index (χ4n) is 1.93. The van der Waals surface area contributed by atoms with Crippen molar-refractivity contribution in [3.63, 3.8) is 0 Å². The van der Waals surface area contributed by atoms with Crippen molar-refractivity contribution in [3.05, 3.63) is 52.5 Å². The molecule has 0 radical (unpaired) electrons. The molecular weight excluding hydrogens is 332 g/mol.